The monoisotopic (exact) mass is 290 g/mol. The highest BCUT2D eigenvalue weighted by Gasteiger charge is 2.22. The first-order valence-electron chi connectivity index (χ1n) is 7.10. The molecule has 106 valence electrons. The molecule has 0 atom stereocenters. The molecule has 0 saturated heterocycles. The minimum Gasteiger partial charge on any atom is -0.393 e. The van der Waals surface area contributed by atoms with Crippen molar-refractivity contribution in [1.29, 1.82) is 0 Å². The summed E-state index contributed by atoms with van der Waals surface area (Å²) in [4.78, 5) is 6.42. The van der Waals surface area contributed by atoms with E-state index < -0.39 is 0 Å². The van der Waals surface area contributed by atoms with E-state index >= 15 is 0 Å². The molecule has 1 aromatic carbocycles. The van der Waals surface area contributed by atoms with Crippen LogP contribution in [-0.4, -0.2) is 29.3 Å². The molecule has 4 heteroatoms. The predicted octanol–water partition coefficient (Wildman–Crippen LogP) is 3.63. The van der Waals surface area contributed by atoms with E-state index in [1.807, 2.05) is 6.07 Å². The third-order valence-corrected chi connectivity index (χ3v) is 4.50. The lowest BCUT2D eigenvalue weighted by atomic mass is 9.92. The first-order valence-corrected chi connectivity index (χ1v) is 7.47. The van der Waals surface area contributed by atoms with Crippen molar-refractivity contribution in [2.75, 3.05) is 11.9 Å². The van der Waals surface area contributed by atoms with E-state index in [0.717, 1.165) is 36.5 Å². The summed E-state index contributed by atoms with van der Waals surface area (Å²) in [6.45, 7) is 0. The van der Waals surface area contributed by atoms with Crippen molar-refractivity contribution in [3.05, 3.63) is 35.6 Å². The van der Waals surface area contributed by atoms with Crippen LogP contribution >= 0.6 is 11.6 Å². The summed E-state index contributed by atoms with van der Waals surface area (Å²) in [5, 5.41) is 12.4. The fourth-order valence-corrected chi connectivity index (χ4v) is 3.14. The normalized spacial score (nSPS) is 22.9. The zero-order chi connectivity index (χ0) is 14.1. The molecule has 0 radical (unpaired) electrons. The second kappa shape index (κ2) is 5.58. The van der Waals surface area contributed by atoms with E-state index in [1.165, 1.54) is 5.69 Å². The molecule has 1 aliphatic rings. The number of aliphatic hydroxyl groups excluding tert-OH is 1. The number of aliphatic hydroxyl groups is 1. The van der Waals surface area contributed by atoms with Crippen LogP contribution in [0.3, 0.4) is 0 Å². The Labute approximate surface area is 124 Å². The van der Waals surface area contributed by atoms with Crippen molar-refractivity contribution in [2.45, 2.75) is 37.8 Å². The van der Waals surface area contributed by atoms with Gasteiger partial charge in [-0.3, -0.25) is 0 Å². The average Bonchev–Trinajstić information content (AvgIpc) is 2.46. The number of nitrogens with zero attached hydrogens (tertiary/aromatic N) is 2. The number of benzene rings is 1. The molecule has 1 aliphatic carbocycles. The maximum Gasteiger partial charge on any atom is 0.129 e. The first kappa shape index (κ1) is 13.7. The summed E-state index contributed by atoms with van der Waals surface area (Å²) in [6, 6.07) is 8.78. The third kappa shape index (κ3) is 2.74. The predicted molar refractivity (Wildman–Crippen MR) is 83.4 cm³/mol. The Kier molecular flexibility index (Phi) is 3.81. The third-order valence-electron chi connectivity index (χ3n) is 4.29. The Morgan fingerprint density at radius 2 is 1.90 bits per heavy atom. The van der Waals surface area contributed by atoms with Crippen LogP contribution in [-0.2, 0) is 0 Å². The van der Waals surface area contributed by atoms with E-state index in [1.54, 1.807) is 6.20 Å². The maximum atomic E-state index is 9.61. The molecule has 1 N–H and O–H groups in total. The van der Waals surface area contributed by atoms with Gasteiger partial charge in [0.15, 0.2) is 0 Å². The Balaban J connectivity index is 1.85. The highest BCUT2D eigenvalue weighted by Crippen LogP contribution is 2.29. The first-order chi connectivity index (χ1) is 9.63. The van der Waals surface area contributed by atoms with Gasteiger partial charge in [0.2, 0.25) is 0 Å². The van der Waals surface area contributed by atoms with Gasteiger partial charge in [-0.05, 0) is 49.3 Å². The van der Waals surface area contributed by atoms with Crippen LogP contribution in [0.5, 0.6) is 0 Å². The molecule has 2 aromatic rings. The fourth-order valence-electron chi connectivity index (χ4n) is 2.98. The van der Waals surface area contributed by atoms with E-state index in [-0.39, 0.29) is 6.10 Å². The molecule has 0 bridgehead atoms. The topological polar surface area (TPSA) is 36.4 Å². The number of anilines is 1. The number of pyridine rings is 1. The second-order valence-corrected chi connectivity index (χ2v) is 6.00. The number of halogens is 1. The Hall–Kier alpha value is -1.32. The van der Waals surface area contributed by atoms with Gasteiger partial charge in [-0.25, -0.2) is 4.98 Å². The molecule has 1 saturated carbocycles. The summed E-state index contributed by atoms with van der Waals surface area (Å²) in [7, 11) is 2.13. The zero-order valence-electron chi connectivity index (χ0n) is 11.6. The summed E-state index contributed by atoms with van der Waals surface area (Å²) in [5.74, 6) is 0. The molecular formula is C16H19ClN2O. The quantitative estimate of drug-likeness (QED) is 0.858. The number of hydrogen-bond donors (Lipinski definition) is 1. The van der Waals surface area contributed by atoms with Gasteiger partial charge in [-0.15, -0.1) is 0 Å². The van der Waals surface area contributed by atoms with Gasteiger partial charge in [0.1, 0.15) is 5.15 Å². The minimum atomic E-state index is -0.110. The Bertz CT molecular complexity index is 608. The highest BCUT2D eigenvalue weighted by atomic mass is 35.5. The Morgan fingerprint density at radius 3 is 2.65 bits per heavy atom. The van der Waals surface area contributed by atoms with Crippen LogP contribution in [0.2, 0.25) is 5.15 Å². The maximum absolute atomic E-state index is 9.61. The molecule has 0 aliphatic heterocycles. The molecule has 1 fully saturated rings. The molecule has 1 heterocycles. The Morgan fingerprint density at radius 1 is 1.15 bits per heavy atom. The van der Waals surface area contributed by atoms with Crippen molar-refractivity contribution in [3.63, 3.8) is 0 Å². The molecule has 0 amide bonds. The van der Waals surface area contributed by atoms with Crippen molar-refractivity contribution in [3.8, 4) is 0 Å². The fraction of sp³-hybridized carbons (Fsp3) is 0.438. The molecule has 20 heavy (non-hydrogen) atoms. The zero-order valence-corrected chi connectivity index (χ0v) is 12.3. The second-order valence-electron chi connectivity index (χ2n) is 5.61. The van der Waals surface area contributed by atoms with Gasteiger partial charge < -0.3 is 10.0 Å². The lowest BCUT2D eigenvalue weighted by molar-refractivity contribution is 0.122. The van der Waals surface area contributed by atoms with Crippen LogP contribution in [0.4, 0.5) is 5.69 Å². The highest BCUT2D eigenvalue weighted by molar-refractivity contribution is 6.30. The van der Waals surface area contributed by atoms with Crippen LogP contribution < -0.4 is 4.90 Å². The van der Waals surface area contributed by atoms with Gasteiger partial charge in [0, 0.05) is 30.4 Å². The van der Waals surface area contributed by atoms with Crippen molar-refractivity contribution < 1.29 is 5.11 Å². The molecule has 1 aromatic heterocycles. The van der Waals surface area contributed by atoms with Crippen LogP contribution in [0, 0.1) is 0 Å². The van der Waals surface area contributed by atoms with E-state index in [0.29, 0.717) is 11.2 Å². The summed E-state index contributed by atoms with van der Waals surface area (Å²) in [5.41, 5.74) is 1.20. The molecule has 3 nitrogen and oxygen atoms in total. The molecule has 3 rings (SSSR count). The van der Waals surface area contributed by atoms with Gasteiger partial charge in [0.05, 0.1) is 6.10 Å². The number of hydrogen-bond acceptors (Lipinski definition) is 3. The van der Waals surface area contributed by atoms with E-state index in [2.05, 4.69) is 35.1 Å². The van der Waals surface area contributed by atoms with Gasteiger partial charge in [-0.2, -0.15) is 0 Å². The molecule has 0 unspecified atom stereocenters. The van der Waals surface area contributed by atoms with E-state index in [9.17, 15) is 5.11 Å². The van der Waals surface area contributed by atoms with Crippen molar-refractivity contribution in [1.82, 2.24) is 4.98 Å². The molecule has 0 spiro atoms. The number of fused-ring (bicyclic) bond motifs is 1. The smallest absolute Gasteiger partial charge is 0.129 e. The summed E-state index contributed by atoms with van der Waals surface area (Å²) >= 11 is 5.96. The summed E-state index contributed by atoms with van der Waals surface area (Å²) in [6.07, 6.45) is 5.59. The number of aromatic nitrogens is 1. The van der Waals surface area contributed by atoms with Gasteiger partial charge in [-0.1, -0.05) is 17.7 Å². The summed E-state index contributed by atoms with van der Waals surface area (Å²) < 4.78 is 0. The van der Waals surface area contributed by atoms with Gasteiger partial charge in [0.25, 0.3) is 0 Å². The van der Waals surface area contributed by atoms with Gasteiger partial charge >= 0.3 is 0 Å². The van der Waals surface area contributed by atoms with Crippen molar-refractivity contribution in [2.24, 2.45) is 0 Å². The van der Waals surface area contributed by atoms with Crippen molar-refractivity contribution >= 4 is 28.1 Å². The van der Waals surface area contributed by atoms with Crippen LogP contribution in [0.15, 0.2) is 30.5 Å². The molecular weight excluding hydrogens is 272 g/mol. The minimum absolute atomic E-state index is 0.110. The lowest BCUT2D eigenvalue weighted by Crippen LogP contribution is -2.36. The van der Waals surface area contributed by atoms with Crippen LogP contribution in [0.1, 0.15) is 25.7 Å². The SMILES string of the molecule is CN(c1ccc2cnc(Cl)cc2c1)C1CCC(O)CC1. The standard InChI is InChI=1S/C16H19ClN2O/c1-19(13-4-6-15(20)7-5-13)14-3-2-11-10-18-16(17)9-12(11)8-14/h2-3,8-10,13,15,20H,4-7H2,1H3. The largest absolute Gasteiger partial charge is 0.393 e. The van der Waals surface area contributed by atoms with E-state index in [4.69, 9.17) is 11.6 Å². The lowest BCUT2D eigenvalue weighted by Gasteiger charge is -2.34. The van der Waals surface area contributed by atoms with Crippen LogP contribution in [0.25, 0.3) is 10.8 Å². The number of rotatable bonds is 2. The average molecular weight is 291 g/mol.